The van der Waals surface area contributed by atoms with E-state index < -0.39 is 11.9 Å². The second-order valence-electron chi connectivity index (χ2n) is 5.76. The lowest BCUT2D eigenvalue weighted by molar-refractivity contribution is 0.0693. The van der Waals surface area contributed by atoms with Crippen molar-refractivity contribution >= 4 is 45.3 Å². The van der Waals surface area contributed by atoms with Gasteiger partial charge in [-0.05, 0) is 36.4 Å². The topological polar surface area (TPSA) is 116 Å². The molecular weight excluding hydrogens is 368 g/mol. The number of halogens is 1. The molecule has 0 aliphatic carbocycles. The first kappa shape index (κ1) is 18.3. The van der Waals surface area contributed by atoms with Gasteiger partial charge in [-0.15, -0.1) is 0 Å². The largest absolute Gasteiger partial charge is 0.507 e. The molecule has 0 atom stereocenters. The minimum Gasteiger partial charge on any atom is -0.507 e. The van der Waals surface area contributed by atoms with Crippen molar-refractivity contribution in [1.29, 1.82) is 0 Å². The van der Waals surface area contributed by atoms with Gasteiger partial charge in [-0.25, -0.2) is 4.79 Å². The summed E-state index contributed by atoms with van der Waals surface area (Å²) in [6, 6.07) is 17.0. The quantitative estimate of drug-likeness (QED) is 0.416. The van der Waals surface area contributed by atoms with Crippen LogP contribution < -0.4 is 5.73 Å². The van der Waals surface area contributed by atoms with Crippen molar-refractivity contribution < 1.29 is 19.8 Å². The van der Waals surface area contributed by atoms with Gasteiger partial charge < -0.3 is 20.9 Å². The van der Waals surface area contributed by atoms with Crippen LogP contribution >= 0.6 is 11.6 Å². The summed E-state index contributed by atoms with van der Waals surface area (Å²) in [5.41, 5.74) is 7.03. The fourth-order valence-corrected chi connectivity index (χ4v) is 2.80. The highest BCUT2D eigenvalue weighted by atomic mass is 35.5. The predicted octanol–water partition coefficient (Wildman–Crippen LogP) is 4.16. The maximum atomic E-state index is 11.0. The van der Waals surface area contributed by atoms with Crippen molar-refractivity contribution in [2.75, 3.05) is 0 Å². The molecule has 0 spiro atoms. The SMILES string of the molecule is NC(=O)c1ccc(Cl)cc1.O=C(O)c1cc2c(cc1O)[nH]c1ccccc12. The van der Waals surface area contributed by atoms with E-state index in [0.717, 1.165) is 21.8 Å². The predicted molar refractivity (Wildman–Crippen MR) is 104 cm³/mol. The van der Waals surface area contributed by atoms with E-state index in [-0.39, 0.29) is 11.3 Å². The molecule has 3 aromatic carbocycles. The molecule has 1 heterocycles. The van der Waals surface area contributed by atoms with Crippen molar-refractivity contribution in [3.05, 3.63) is 76.8 Å². The monoisotopic (exact) mass is 382 g/mol. The normalized spacial score (nSPS) is 10.4. The Morgan fingerprint density at radius 2 is 1.59 bits per heavy atom. The van der Waals surface area contributed by atoms with Crippen molar-refractivity contribution in [2.24, 2.45) is 5.73 Å². The number of para-hydroxylation sites is 1. The van der Waals surface area contributed by atoms with Crippen molar-refractivity contribution in [2.45, 2.75) is 0 Å². The molecule has 1 amide bonds. The molecule has 0 aliphatic rings. The lowest BCUT2D eigenvalue weighted by Crippen LogP contribution is -2.10. The van der Waals surface area contributed by atoms with Gasteiger partial charge >= 0.3 is 5.97 Å². The molecule has 136 valence electrons. The van der Waals surface area contributed by atoms with E-state index in [1.54, 1.807) is 24.3 Å². The van der Waals surface area contributed by atoms with E-state index in [1.807, 2.05) is 24.3 Å². The van der Waals surface area contributed by atoms with Gasteiger partial charge in [-0.2, -0.15) is 0 Å². The van der Waals surface area contributed by atoms with E-state index in [9.17, 15) is 14.7 Å². The van der Waals surface area contributed by atoms with Gasteiger partial charge in [0.1, 0.15) is 11.3 Å². The van der Waals surface area contributed by atoms with Gasteiger partial charge in [-0.1, -0.05) is 29.8 Å². The third-order valence-corrected chi connectivity index (χ3v) is 4.23. The van der Waals surface area contributed by atoms with Crippen LogP contribution in [0.1, 0.15) is 20.7 Å². The van der Waals surface area contributed by atoms with Crippen LogP contribution in [0.5, 0.6) is 5.75 Å². The fourth-order valence-electron chi connectivity index (χ4n) is 2.67. The number of benzene rings is 3. The third-order valence-electron chi connectivity index (χ3n) is 3.98. The lowest BCUT2D eigenvalue weighted by Gasteiger charge is -1.99. The summed E-state index contributed by atoms with van der Waals surface area (Å²) in [4.78, 5) is 24.6. The van der Waals surface area contributed by atoms with E-state index >= 15 is 0 Å². The van der Waals surface area contributed by atoms with E-state index in [2.05, 4.69) is 4.98 Å². The van der Waals surface area contributed by atoms with Crippen molar-refractivity contribution in [3.8, 4) is 5.75 Å². The number of aromatic hydroxyl groups is 1. The number of fused-ring (bicyclic) bond motifs is 3. The summed E-state index contributed by atoms with van der Waals surface area (Å²) in [7, 11) is 0. The van der Waals surface area contributed by atoms with Crippen LogP contribution in [0.15, 0.2) is 60.7 Å². The van der Waals surface area contributed by atoms with E-state index in [1.165, 1.54) is 12.1 Å². The number of rotatable bonds is 2. The molecule has 27 heavy (non-hydrogen) atoms. The molecule has 0 unspecified atom stereocenters. The summed E-state index contributed by atoms with van der Waals surface area (Å²) in [6.07, 6.45) is 0. The van der Waals surface area contributed by atoms with Gasteiger partial charge in [0.05, 0.1) is 5.52 Å². The molecule has 0 fully saturated rings. The minimum absolute atomic E-state index is 0.0812. The Bertz CT molecular complexity index is 1150. The first-order valence-corrected chi connectivity index (χ1v) is 8.26. The maximum Gasteiger partial charge on any atom is 0.339 e. The standard InChI is InChI=1S/C13H9NO3.C7H6ClNO/c15-12-6-11-8(5-9(12)13(16)17)7-3-1-2-4-10(7)14-11;8-6-3-1-5(2-4-6)7(9)10/h1-6,14-15H,(H,16,17);1-4H,(H2,9,10). The molecule has 6 nitrogen and oxygen atoms in total. The van der Waals surface area contributed by atoms with E-state index in [0.29, 0.717) is 10.6 Å². The molecule has 4 rings (SSSR count). The van der Waals surface area contributed by atoms with Gasteiger partial charge in [0.25, 0.3) is 0 Å². The minimum atomic E-state index is -1.13. The number of H-pyrrole nitrogens is 1. The summed E-state index contributed by atoms with van der Waals surface area (Å²) >= 11 is 5.56. The molecule has 0 aliphatic heterocycles. The lowest BCUT2D eigenvalue weighted by atomic mass is 10.1. The van der Waals surface area contributed by atoms with Crippen LogP contribution in [0.3, 0.4) is 0 Å². The molecule has 5 N–H and O–H groups in total. The summed E-state index contributed by atoms with van der Waals surface area (Å²) < 4.78 is 0. The number of carbonyl (C=O) groups excluding carboxylic acids is 1. The number of hydrogen-bond donors (Lipinski definition) is 4. The molecule has 0 radical (unpaired) electrons. The Morgan fingerprint density at radius 1 is 0.926 bits per heavy atom. The second-order valence-corrected chi connectivity index (χ2v) is 6.20. The van der Waals surface area contributed by atoms with Gasteiger partial charge in [0.2, 0.25) is 5.91 Å². The molecular formula is C20H15ClN2O4. The summed E-state index contributed by atoms with van der Waals surface area (Å²) in [5.74, 6) is -1.79. The number of aromatic amines is 1. The zero-order chi connectivity index (χ0) is 19.6. The molecule has 0 saturated heterocycles. The molecule has 7 heteroatoms. The average Bonchev–Trinajstić information content (AvgIpc) is 2.99. The number of nitrogens with two attached hydrogens (primary N) is 1. The smallest absolute Gasteiger partial charge is 0.339 e. The van der Waals surface area contributed by atoms with Crippen LogP contribution in [-0.4, -0.2) is 27.1 Å². The molecule has 0 saturated carbocycles. The first-order valence-electron chi connectivity index (χ1n) is 7.89. The van der Waals surface area contributed by atoms with Crippen LogP contribution in [0.25, 0.3) is 21.8 Å². The number of phenols is 1. The summed E-state index contributed by atoms with van der Waals surface area (Å²) in [5, 5.41) is 20.9. The Balaban J connectivity index is 0.000000180. The molecule has 1 aromatic heterocycles. The van der Waals surface area contributed by atoms with Gasteiger partial charge in [-0.3, -0.25) is 4.79 Å². The first-order chi connectivity index (χ1) is 12.9. The summed E-state index contributed by atoms with van der Waals surface area (Å²) in [6.45, 7) is 0. The highest BCUT2D eigenvalue weighted by Crippen LogP contribution is 2.30. The second kappa shape index (κ2) is 7.39. The van der Waals surface area contributed by atoms with Crippen LogP contribution in [0, 0.1) is 0 Å². The highest BCUT2D eigenvalue weighted by molar-refractivity contribution is 6.30. The van der Waals surface area contributed by atoms with Gasteiger partial charge in [0.15, 0.2) is 0 Å². The molecule has 4 aromatic rings. The van der Waals surface area contributed by atoms with Crippen molar-refractivity contribution in [1.82, 2.24) is 4.98 Å². The number of carbonyl (C=O) groups is 2. The third kappa shape index (κ3) is 3.86. The number of carboxylic acid groups (broad SMARTS) is 1. The van der Waals surface area contributed by atoms with Crippen molar-refractivity contribution in [3.63, 3.8) is 0 Å². The number of amides is 1. The fraction of sp³-hybridized carbons (Fsp3) is 0. The Kier molecular flexibility index (Phi) is 5.00. The maximum absolute atomic E-state index is 11.0. The number of aromatic carboxylic acids is 1. The van der Waals surface area contributed by atoms with E-state index in [4.69, 9.17) is 22.4 Å². The number of carboxylic acids is 1. The number of hydrogen-bond acceptors (Lipinski definition) is 3. The Labute approximate surface area is 158 Å². The Morgan fingerprint density at radius 3 is 2.22 bits per heavy atom. The highest BCUT2D eigenvalue weighted by Gasteiger charge is 2.13. The average molecular weight is 383 g/mol. The zero-order valence-electron chi connectivity index (χ0n) is 13.9. The van der Waals surface area contributed by atoms with Crippen LogP contribution in [0.4, 0.5) is 0 Å². The van der Waals surface area contributed by atoms with Gasteiger partial charge in [0, 0.05) is 32.9 Å². The Hall–Kier alpha value is -3.51. The van der Waals surface area contributed by atoms with Crippen LogP contribution in [0.2, 0.25) is 5.02 Å². The number of nitrogens with one attached hydrogen (secondary N) is 1. The zero-order valence-corrected chi connectivity index (χ0v) is 14.7. The van der Waals surface area contributed by atoms with Crippen LogP contribution in [-0.2, 0) is 0 Å². The number of primary amides is 1. The number of aromatic nitrogens is 1. The molecule has 0 bridgehead atoms.